The van der Waals surface area contributed by atoms with E-state index in [1.165, 1.54) is 49.5 Å². The van der Waals surface area contributed by atoms with Gasteiger partial charge in [-0.05, 0) is 62.4 Å². The van der Waals surface area contributed by atoms with Crippen LogP contribution in [0.4, 0.5) is 17.3 Å². The lowest BCUT2D eigenvalue weighted by Crippen LogP contribution is -2.45. The summed E-state index contributed by atoms with van der Waals surface area (Å²) in [6.07, 6.45) is 2.42. The van der Waals surface area contributed by atoms with E-state index in [2.05, 4.69) is 20.0 Å². The summed E-state index contributed by atoms with van der Waals surface area (Å²) in [6.45, 7) is 3.14. The number of aromatic nitrogens is 2. The molecule has 0 radical (unpaired) electrons. The average molecular weight is 524 g/mol. The van der Waals surface area contributed by atoms with Gasteiger partial charge in [0.15, 0.2) is 0 Å². The summed E-state index contributed by atoms with van der Waals surface area (Å²) in [5, 5.41) is 2.92. The smallest absolute Gasteiger partial charge is 0.264 e. The number of carbonyl (C=O) groups excluding carboxylic acids is 1. The van der Waals surface area contributed by atoms with Crippen molar-refractivity contribution in [3.8, 4) is 0 Å². The lowest BCUT2D eigenvalue weighted by atomic mass is 10.2. The van der Waals surface area contributed by atoms with Gasteiger partial charge in [-0.25, -0.2) is 31.5 Å². The molecule has 3 rings (SSSR count). The highest BCUT2D eigenvalue weighted by atomic mass is 35.5. The summed E-state index contributed by atoms with van der Waals surface area (Å²) in [5.41, 5.74) is 1.12. The molecule has 0 saturated carbocycles. The molecular formula is C21H22ClN5O5S2. The SMILES string of the molecule is Cc1ccnc(NS(=O)(=O)c2ccc(NC(=O)[C@H](C)N(c3cccc(Cl)c3)S(C)(=O)=O)cc2)n1. The van der Waals surface area contributed by atoms with E-state index in [0.717, 1.165) is 10.6 Å². The maximum atomic E-state index is 12.8. The minimum atomic E-state index is -3.95. The molecule has 0 aliphatic rings. The van der Waals surface area contributed by atoms with E-state index < -0.39 is 32.0 Å². The van der Waals surface area contributed by atoms with Crippen molar-refractivity contribution in [1.82, 2.24) is 9.97 Å². The van der Waals surface area contributed by atoms with Crippen LogP contribution in [0.25, 0.3) is 0 Å². The second kappa shape index (κ2) is 9.95. The predicted octanol–water partition coefficient (Wildman–Crippen LogP) is 3.03. The minimum absolute atomic E-state index is 0.0620. The Morgan fingerprint density at radius 2 is 1.74 bits per heavy atom. The van der Waals surface area contributed by atoms with Gasteiger partial charge in [0.1, 0.15) is 6.04 Å². The molecular weight excluding hydrogens is 502 g/mol. The third kappa shape index (κ3) is 6.22. The number of sulfonamides is 2. The van der Waals surface area contributed by atoms with Gasteiger partial charge < -0.3 is 5.32 Å². The standard InChI is InChI=1S/C21H22ClN5O5S2/c1-14-11-12-23-21(24-14)26-34(31,32)19-9-7-17(8-10-19)25-20(28)15(2)27(33(3,29)30)18-6-4-5-16(22)13-18/h4-13,15H,1-3H3,(H,25,28)(H,23,24,26)/t15-/m0/s1. The van der Waals surface area contributed by atoms with Gasteiger partial charge in [0.25, 0.3) is 10.0 Å². The molecule has 0 fully saturated rings. The second-order valence-corrected chi connectivity index (χ2v) is 11.3. The van der Waals surface area contributed by atoms with Crippen molar-refractivity contribution in [3.05, 3.63) is 71.5 Å². The molecule has 34 heavy (non-hydrogen) atoms. The maximum absolute atomic E-state index is 12.8. The monoisotopic (exact) mass is 523 g/mol. The Kier molecular flexibility index (Phi) is 7.44. The molecule has 2 aromatic carbocycles. The maximum Gasteiger partial charge on any atom is 0.264 e. The number of rotatable bonds is 8. The zero-order chi connectivity index (χ0) is 25.1. The molecule has 0 aliphatic heterocycles. The van der Waals surface area contributed by atoms with Crippen molar-refractivity contribution < 1.29 is 21.6 Å². The van der Waals surface area contributed by atoms with Gasteiger partial charge in [-0.3, -0.25) is 9.10 Å². The first-order chi connectivity index (χ1) is 15.9. The van der Waals surface area contributed by atoms with E-state index in [4.69, 9.17) is 11.6 Å². The lowest BCUT2D eigenvalue weighted by Gasteiger charge is -2.28. The number of benzene rings is 2. The summed E-state index contributed by atoms with van der Waals surface area (Å²) in [7, 11) is -7.77. The van der Waals surface area contributed by atoms with Crippen LogP contribution < -0.4 is 14.3 Å². The highest BCUT2D eigenvalue weighted by molar-refractivity contribution is 7.92. The average Bonchev–Trinajstić information content (AvgIpc) is 2.73. The van der Waals surface area contributed by atoms with Crippen LogP contribution in [0.5, 0.6) is 0 Å². The molecule has 3 aromatic rings. The highest BCUT2D eigenvalue weighted by Gasteiger charge is 2.29. The zero-order valence-electron chi connectivity index (χ0n) is 18.4. The van der Waals surface area contributed by atoms with E-state index >= 15 is 0 Å². The molecule has 1 atom stereocenters. The quantitative estimate of drug-likeness (QED) is 0.462. The summed E-state index contributed by atoms with van der Waals surface area (Å²) in [6, 6.07) is 12.0. The number of carbonyl (C=O) groups is 1. The van der Waals surface area contributed by atoms with Crippen molar-refractivity contribution in [3.63, 3.8) is 0 Å². The Balaban J connectivity index is 1.77. The van der Waals surface area contributed by atoms with Crippen LogP contribution in [-0.4, -0.2) is 45.0 Å². The summed E-state index contributed by atoms with van der Waals surface area (Å²) in [5.74, 6) is -0.680. The molecule has 0 saturated heterocycles. The predicted molar refractivity (Wildman–Crippen MR) is 131 cm³/mol. The molecule has 1 aromatic heterocycles. The topological polar surface area (TPSA) is 138 Å². The van der Waals surface area contributed by atoms with Crippen LogP contribution in [0, 0.1) is 6.92 Å². The van der Waals surface area contributed by atoms with Crippen molar-refractivity contribution in [2.45, 2.75) is 24.8 Å². The first-order valence-electron chi connectivity index (χ1n) is 9.85. The molecule has 0 bridgehead atoms. The number of amides is 1. The van der Waals surface area contributed by atoms with Crippen LogP contribution in [0.15, 0.2) is 65.7 Å². The van der Waals surface area contributed by atoms with E-state index in [-0.39, 0.29) is 22.2 Å². The van der Waals surface area contributed by atoms with E-state index in [1.54, 1.807) is 25.1 Å². The van der Waals surface area contributed by atoms with Gasteiger partial charge in [-0.1, -0.05) is 17.7 Å². The molecule has 1 heterocycles. The van der Waals surface area contributed by atoms with Crippen molar-refractivity contribution >= 4 is 54.9 Å². The van der Waals surface area contributed by atoms with E-state index in [0.29, 0.717) is 10.7 Å². The number of nitrogens with one attached hydrogen (secondary N) is 2. The summed E-state index contributed by atoms with van der Waals surface area (Å²) < 4.78 is 53.2. The molecule has 0 aliphatic carbocycles. The second-order valence-electron chi connectivity index (χ2n) is 7.36. The fraction of sp³-hybridized carbons (Fsp3) is 0.190. The van der Waals surface area contributed by atoms with Gasteiger partial charge in [0, 0.05) is 22.6 Å². The summed E-state index contributed by atoms with van der Waals surface area (Å²) >= 11 is 5.98. The Bertz CT molecular complexity index is 1410. The summed E-state index contributed by atoms with van der Waals surface area (Å²) in [4.78, 5) is 20.6. The number of halogens is 1. The molecule has 0 unspecified atom stereocenters. The zero-order valence-corrected chi connectivity index (χ0v) is 20.8. The molecule has 13 heteroatoms. The molecule has 2 N–H and O–H groups in total. The Morgan fingerprint density at radius 1 is 1.06 bits per heavy atom. The third-order valence-corrected chi connectivity index (χ3v) is 7.42. The van der Waals surface area contributed by atoms with E-state index in [1.807, 2.05) is 0 Å². The van der Waals surface area contributed by atoms with Crippen LogP contribution in [-0.2, 0) is 24.8 Å². The van der Waals surface area contributed by atoms with Gasteiger partial charge in [0.2, 0.25) is 21.9 Å². The molecule has 180 valence electrons. The fourth-order valence-corrected chi connectivity index (χ4v) is 5.37. The van der Waals surface area contributed by atoms with Gasteiger partial charge in [0.05, 0.1) is 16.8 Å². The number of nitrogens with zero attached hydrogens (tertiary/aromatic N) is 3. The Morgan fingerprint density at radius 3 is 2.32 bits per heavy atom. The fourth-order valence-electron chi connectivity index (χ4n) is 3.06. The Hall–Kier alpha value is -3.22. The number of anilines is 3. The van der Waals surface area contributed by atoms with Crippen molar-refractivity contribution in [1.29, 1.82) is 0 Å². The lowest BCUT2D eigenvalue weighted by molar-refractivity contribution is -0.116. The molecule has 0 spiro atoms. The van der Waals surface area contributed by atoms with Crippen LogP contribution in [0.2, 0.25) is 5.02 Å². The van der Waals surface area contributed by atoms with Crippen molar-refractivity contribution in [2.24, 2.45) is 0 Å². The first-order valence-corrected chi connectivity index (χ1v) is 13.6. The van der Waals surface area contributed by atoms with E-state index in [9.17, 15) is 21.6 Å². The van der Waals surface area contributed by atoms with Crippen LogP contribution >= 0.6 is 11.6 Å². The van der Waals surface area contributed by atoms with Crippen molar-refractivity contribution in [2.75, 3.05) is 20.6 Å². The third-order valence-electron chi connectivity index (χ3n) is 4.60. The molecule has 10 nitrogen and oxygen atoms in total. The van der Waals surface area contributed by atoms with Crippen LogP contribution in [0.3, 0.4) is 0 Å². The first kappa shape index (κ1) is 25.4. The minimum Gasteiger partial charge on any atom is -0.324 e. The highest BCUT2D eigenvalue weighted by Crippen LogP contribution is 2.25. The number of hydrogen-bond acceptors (Lipinski definition) is 7. The number of hydrogen-bond donors (Lipinski definition) is 2. The normalized spacial score (nSPS) is 12.6. The molecule has 1 amide bonds. The van der Waals surface area contributed by atoms with Gasteiger partial charge >= 0.3 is 0 Å². The number of aryl methyl sites for hydroxylation is 1. The largest absolute Gasteiger partial charge is 0.324 e. The Labute approximate surface area is 203 Å². The van der Waals surface area contributed by atoms with Gasteiger partial charge in [-0.2, -0.15) is 0 Å². The van der Waals surface area contributed by atoms with Crippen LogP contribution in [0.1, 0.15) is 12.6 Å². The van der Waals surface area contributed by atoms with Gasteiger partial charge in [-0.15, -0.1) is 0 Å².